The maximum absolute atomic E-state index is 12.9. The van der Waals surface area contributed by atoms with E-state index in [4.69, 9.17) is 32.2 Å². The molecule has 0 bridgehead atoms. The molecule has 0 radical (unpaired) electrons. The first-order chi connectivity index (χ1) is 15.3. The van der Waals surface area contributed by atoms with Gasteiger partial charge in [0, 0.05) is 27.3 Å². The average Bonchev–Trinajstić information content (AvgIpc) is 2.80. The second-order valence-electron chi connectivity index (χ2n) is 6.74. The molecule has 0 aliphatic carbocycles. The maximum atomic E-state index is 12.9. The van der Waals surface area contributed by atoms with Gasteiger partial charge in [-0.05, 0) is 44.2 Å². The lowest BCUT2D eigenvalue weighted by Crippen LogP contribution is -2.12. The van der Waals surface area contributed by atoms with Crippen molar-refractivity contribution in [2.75, 3.05) is 13.2 Å². The number of carbonyl (C=O) groups is 2. The van der Waals surface area contributed by atoms with E-state index in [0.717, 1.165) is 0 Å². The summed E-state index contributed by atoms with van der Waals surface area (Å²) in [5, 5.41) is 1.10. The van der Waals surface area contributed by atoms with Crippen molar-refractivity contribution < 1.29 is 23.2 Å². The first kappa shape index (κ1) is 24.4. The zero-order chi connectivity index (χ0) is 23.3. The molecular weight excluding hydrogens is 470 g/mol. The Morgan fingerprint density at radius 3 is 1.72 bits per heavy atom. The van der Waals surface area contributed by atoms with E-state index in [-0.39, 0.29) is 24.8 Å². The van der Waals surface area contributed by atoms with Crippen LogP contribution in [0.25, 0.3) is 0 Å². The quantitative estimate of drug-likeness (QED) is 0.258. The highest BCUT2D eigenvalue weighted by Crippen LogP contribution is 2.46. The molecule has 32 heavy (non-hydrogen) atoms. The van der Waals surface area contributed by atoms with E-state index in [9.17, 15) is 14.2 Å². The fourth-order valence-corrected chi connectivity index (χ4v) is 5.03. The molecule has 0 heterocycles. The number of halogens is 2. The van der Waals surface area contributed by atoms with Gasteiger partial charge in [0.2, 0.25) is 0 Å². The first-order valence-electron chi connectivity index (χ1n) is 9.93. The lowest BCUT2D eigenvalue weighted by molar-refractivity contribution is 0.102. The van der Waals surface area contributed by atoms with E-state index < -0.39 is 7.60 Å². The molecule has 0 saturated carbocycles. The van der Waals surface area contributed by atoms with Crippen LogP contribution in [0.1, 0.15) is 45.7 Å². The van der Waals surface area contributed by atoms with Gasteiger partial charge < -0.3 is 9.05 Å². The van der Waals surface area contributed by atoms with Crippen LogP contribution < -0.4 is 5.30 Å². The molecular formula is C24H21Cl2O5P. The molecule has 0 atom stereocenters. The minimum absolute atomic E-state index is 0.237. The molecule has 0 fully saturated rings. The minimum atomic E-state index is -3.42. The highest BCUT2D eigenvalue weighted by molar-refractivity contribution is 7.62. The van der Waals surface area contributed by atoms with Gasteiger partial charge in [-0.3, -0.25) is 14.2 Å². The summed E-state index contributed by atoms with van der Waals surface area (Å²) in [6.45, 7) is 3.95. The maximum Gasteiger partial charge on any atom is 0.361 e. The van der Waals surface area contributed by atoms with Gasteiger partial charge in [-0.15, -0.1) is 0 Å². The highest BCUT2D eigenvalue weighted by atomic mass is 35.5. The molecule has 0 spiro atoms. The molecule has 0 aliphatic rings. The van der Waals surface area contributed by atoms with Crippen molar-refractivity contribution in [3.8, 4) is 0 Å². The number of benzene rings is 3. The summed E-state index contributed by atoms with van der Waals surface area (Å²) in [6.07, 6.45) is 0. The van der Waals surface area contributed by atoms with Crippen molar-refractivity contribution in [1.29, 1.82) is 0 Å². The topological polar surface area (TPSA) is 69.7 Å². The van der Waals surface area contributed by atoms with Crippen LogP contribution in [0.3, 0.4) is 0 Å². The Bertz CT molecular complexity index is 1160. The summed E-state index contributed by atoms with van der Waals surface area (Å²) >= 11 is 12.1. The standard InChI is InChI=1S/C24H21Cl2O5P/c1-3-30-32(29,31-4-2)20-12-9-17(10-13-20)23(27)16-5-7-18(8-6-16)24(28)21-15-19(25)11-14-22(21)26/h5-15H,3-4H2,1-2H3. The SMILES string of the molecule is CCOP(=O)(OCC)c1ccc(C(=O)c2ccc(C(=O)c3cc(Cl)ccc3Cl)cc2)cc1. The Balaban J connectivity index is 1.81. The predicted molar refractivity (Wildman–Crippen MR) is 127 cm³/mol. The monoisotopic (exact) mass is 490 g/mol. The number of ketones is 2. The molecule has 0 saturated heterocycles. The van der Waals surface area contributed by atoms with Crippen molar-refractivity contribution in [3.63, 3.8) is 0 Å². The Labute approximate surface area is 196 Å². The molecule has 0 aliphatic heterocycles. The van der Waals surface area contributed by atoms with E-state index >= 15 is 0 Å². The van der Waals surface area contributed by atoms with Crippen LogP contribution >= 0.6 is 30.8 Å². The number of hydrogen-bond donors (Lipinski definition) is 0. The van der Waals surface area contributed by atoms with Gasteiger partial charge in [-0.2, -0.15) is 0 Å². The summed E-state index contributed by atoms with van der Waals surface area (Å²) in [7, 11) is -3.42. The molecule has 0 amide bonds. The van der Waals surface area contributed by atoms with Crippen molar-refractivity contribution >= 4 is 47.7 Å². The summed E-state index contributed by atoms with van der Waals surface area (Å²) < 4.78 is 23.5. The third-order valence-corrected chi connectivity index (χ3v) is 7.32. The first-order valence-corrected chi connectivity index (χ1v) is 12.2. The van der Waals surface area contributed by atoms with Gasteiger partial charge in [0.25, 0.3) is 0 Å². The van der Waals surface area contributed by atoms with Gasteiger partial charge >= 0.3 is 7.60 Å². The molecule has 0 N–H and O–H groups in total. The van der Waals surface area contributed by atoms with E-state index in [1.54, 1.807) is 74.5 Å². The average molecular weight is 491 g/mol. The smallest absolute Gasteiger partial charge is 0.305 e. The highest BCUT2D eigenvalue weighted by Gasteiger charge is 2.26. The fraction of sp³-hybridized carbons (Fsp3) is 0.167. The summed E-state index contributed by atoms with van der Waals surface area (Å²) in [5.74, 6) is -0.526. The van der Waals surface area contributed by atoms with Crippen molar-refractivity contribution in [3.05, 3.63) is 99.0 Å². The molecule has 0 aromatic heterocycles. The summed E-state index contributed by atoms with van der Waals surface area (Å²) in [4.78, 5) is 25.6. The van der Waals surface area contributed by atoms with Crippen LogP contribution in [0, 0.1) is 0 Å². The van der Waals surface area contributed by atoms with Crippen molar-refractivity contribution in [1.82, 2.24) is 0 Å². The Kier molecular flexibility index (Phi) is 8.05. The largest absolute Gasteiger partial charge is 0.361 e. The molecule has 0 unspecified atom stereocenters. The van der Waals surface area contributed by atoms with Crippen LogP contribution in [-0.2, 0) is 13.6 Å². The Hall–Kier alpha value is -2.27. The Morgan fingerprint density at radius 2 is 1.22 bits per heavy atom. The Morgan fingerprint density at radius 1 is 0.750 bits per heavy atom. The predicted octanol–water partition coefficient (Wildman–Crippen LogP) is 6.35. The van der Waals surface area contributed by atoms with Crippen molar-refractivity contribution in [2.24, 2.45) is 0 Å². The molecule has 3 rings (SSSR count). The summed E-state index contributed by atoms with van der Waals surface area (Å²) in [5.41, 5.74) is 1.49. The van der Waals surface area contributed by atoms with E-state index in [1.165, 1.54) is 6.07 Å². The van der Waals surface area contributed by atoms with Gasteiger partial charge in [-0.25, -0.2) is 0 Å². The van der Waals surface area contributed by atoms with E-state index in [2.05, 4.69) is 0 Å². The van der Waals surface area contributed by atoms with Crippen LogP contribution in [0.15, 0.2) is 66.7 Å². The molecule has 3 aromatic carbocycles. The zero-order valence-corrected chi connectivity index (χ0v) is 19.9. The van der Waals surface area contributed by atoms with Crippen LogP contribution in [0.4, 0.5) is 0 Å². The second kappa shape index (κ2) is 10.6. The molecule has 3 aromatic rings. The van der Waals surface area contributed by atoms with Gasteiger partial charge in [0.1, 0.15) is 0 Å². The lowest BCUT2D eigenvalue weighted by atomic mass is 9.98. The minimum Gasteiger partial charge on any atom is -0.305 e. The van der Waals surface area contributed by atoms with E-state index in [1.807, 2.05) is 0 Å². The third-order valence-electron chi connectivity index (χ3n) is 4.63. The fourth-order valence-electron chi connectivity index (χ4n) is 3.09. The van der Waals surface area contributed by atoms with Gasteiger partial charge in [0.05, 0.1) is 23.5 Å². The molecule has 5 nitrogen and oxygen atoms in total. The van der Waals surface area contributed by atoms with Gasteiger partial charge in [0.15, 0.2) is 11.6 Å². The molecule has 166 valence electrons. The number of rotatable bonds is 9. The number of hydrogen-bond acceptors (Lipinski definition) is 5. The van der Waals surface area contributed by atoms with E-state index in [0.29, 0.717) is 37.6 Å². The second-order valence-corrected chi connectivity index (χ2v) is 9.61. The number of carbonyl (C=O) groups excluding carboxylic acids is 2. The van der Waals surface area contributed by atoms with Crippen molar-refractivity contribution in [2.45, 2.75) is 13.8 Å². The van der Waals surface area contributed by atoms with Crippen LogP contribution in [0.2, 0.25) is 10.0 Å². The summed E-state index contributed by atoms with van der Waals surface area (Å²) in [6, 6.07) is 17.3. The third kappa shape index (κ3) is 5.37. The van der Waals surface area contributed by atoms with Gasteiger partial charge in [-0.1, -0.05) is 59.6 Å². The zero-order valence-electron chi connectivity index (χ0n) is 17.5. The lowest BCUT2D eigenvalue weighted by Gasteiger charge is -2.17. The molecule has 8 heteroatoms. The normalized spacial score (nSPS) is 11.4. The van der Waals surface area contributed by atoms with Crippen LogP contribution in [-0.4, -0.2) is 24.8 Å². The van der Waals surface area contributed by atoms with Crippen LogP contribution in [0.5, 0.6) is 0 Å².